The first-order chi connectivity index (χ1) is 19.1. The van der Waals surface area contributed by atoms with Crippen molar-refractivity contribution in [1.29, 1.82) is 0 Å². The van der Waals surface area contributed by atoms with Crippen molar-refractivity contribution in [3.8, 4) is 5.75 Å². The fourth-order valence-electron chi connectivity index (χ4n) is 4.03. The Hall–Kier alpha value is -3.56. The number of sulfonamides is 1. The molecule has 214 valence electrons. The van der Waals surface area contributed by atoms with Gasteiger partial charge in [-0.05, 0) is 75.2 Å². The van der Waals surface area contributed by atoms with Gasteiger partial charge in [-0.25, -0.2) is 8.42 Å². The van der Waals surface area contributed by atoms with E-state index in [1.165, 1.54) is 17.0 Å². The van der Waals surface area contributed by atoms with Crippen molar-refractivity contribution in [2.75, 3.05) is 24.0 Å². The van der Waals surface area contributed by atoms with Crippen molar-refractivity contribution in [2.45, 2.75) is 51.6 Å². The van der Waals surface area contributed by atoms with E-state index in [0.717, 1.165) is 16.3 Å². The molecule has 1 N–H and O–H groups in total. The van der Waals surface area contributed by atoms with Crippen LogP contribution >= 0.6 is 11.6 Å². The average Bonchev–Trinajstić information content (AvgIpc) is 2.94. The van der Waals surface area contributed by atoms with Crippen LogP contribution in [-0.4, -0.2) is 50.9 Å². The highest BCUT2D eigenvalue weighted by atomic mass is 35.5. The molecule has 0 spiro atoms. The maximum Gasteiger partial charge on any atom is 0.264 e. The van der Waals surface area contributed by atoms with E-state index in [4.69, 9.17) is 16.3 Å². The normalized spacial score (nSPS) is 11.9. The second-order valence-corrected chi connectivity index (χ2v) is 11.6. The monoisotopic (exact) mass is 585 g/mol. The van der Waals surface area contributed by atoms with E-state index >= 15 is 0 Å². The Kier molecular flexibility index (Phi) is 11.0. The van der Waals surface area contributed by atoms with Crippen molar-refractivity contribution < 1.29 is 22.7 Å². The van der Waals surface area contributed by atoms with Gasteiger partial charge in [0.1, 0.15) is 18.3 Å². The van der Waals surface area contributed by atoms with Crippen LogP contribution in [-0.2, 0) is 26.2 Å². The summed E-state index contributed by atoms with van der Waals surface area (Å²) in [6.07, 6.45) is 0.733. The Balaban J connectivity index is 2.03. The first-order valence-electron chi connectivity index (χ1n) is 13.2. The van der Waals surface area contributed by atoms with Gasteiger partial charge < -0.3 is 15.0 Å². The number of halogens is 1. The molecular weight excluding hydrogens is 550 g/mol. The van der Waals surface area contributed by atoms with Crippen LogP contribution in [0.25, 0.3) is 0 Å². The minimum Gasteiger partial charge on any atom is -0.494 e. The number of nitrogens with zero attached hydrogens (tertiary/aromatic N) is 2. The van der Waals surface area contributed by atoms with Gasteiger partial charge in [0.2, 0.25) is 11.8 Å². The number of aryl methyl sites for hydroxylation is 1. The number of carbonyl (C=O) groups is 2. The Morgan fingerprint density at radius 3 is 2.23 bits per heavy atom. The lowest BCUT2D eigenvalue weighted by molar-refractivity contribution is -0.139. The third-order valence-electron chi connectivity index (χ3n) is 6.34. The lowest BCUT2D eigenvalue weighted by Crippen LogP contribution is -2.51. The second kappa shape index (κ2) is 14.2. The van der Waals surface area contributed by atoms with Gasteiger partial charge in [0.05, 0.1) is 17.2 Å². The average molecular weight is 586 g/mol. The zero-order valence-corrected chi connectivity index (χ0v) is 24.8. The van der Waals surface area contributed by atoms with Gasteiger partial charge in [-0.1, -0.05) is 54.4 Å². The third-order valence-corrected chi connectivity index (χ3v) is 8.50. The number of rotatable bonds is 13. The summed E-state index contributed by atoms with van der Waals surface area (Å²) >= 11 is 6.39. The van der Waals surface area contributed by atoms with Gasteiger partial charge in [-0.15, -0.1) is 0 Å². The molecular formula is C30H36ClN3O5S. The summed E-state index contributed by atoms with van der Waals surface area (Å²) in [7, 11) is -4.15. The number of benzene rings is 3. The molecule has 3 aromatic carbocycles. The van der Waals surface area contributed by atoms with Crippen LogP contribution in [0.15, 0.2) is 77.7 Å². The highest BCUT2D eigenvalue weighted by molar-refractivity contribution is 7.92. The quantitative estimate of drug-likeness (QED) is 0.298. The number of hydrogen-bond acceptors (Lipinski definition) is 5. The molecule has 0 saturated carbocycles. The van der Waals surface area contributed by atoms with Crippen LogP contribution in [0.4, 0.5) is 5.69 Å². The van der Waals surface area contributed by atoms with Gasteiger partial charge >= 0.3 is 0 Å². The topological polar surface area (TPSA) is 96.0 Å². The Bertz CT molecular complexity index is 1400. The molecule has 0 radical (unpaired) electrons. The summed E-state index contributed by atoms with van der Waals surface area (Å²) < 4.78 is 34.4. The highest BCUT2D eigenvalue weighted by Crippen LogP contribution is 2.27. The molecule has 40 heavy (non-hydrogen) atoms. The van der Waals surface area contributed by atoms with E-state index in [-0.39, 0.29) is 23.0 Å². The first kappa shape index (κ1) is 31.0. The first-order valence-corrected chi connectivity index (χ1v) is 15.0. The smallest absolute Gasteiger partial charge is 0.264 e. The Morgan fingerprint density at radius 2 is 1.62 bits per heavy atom. The highest BCUT2D eigenvalue weighted by Gasteiger charge is 2.32. The fraction of sp³-hybridized carbons (Fsp3) is 0.333. The van der Waals surface area contributed by atoms with E-state index in [1.54, 1.807) is 67.6 Å². The Labute approximate surface area is 241 Å². The standard InChI is InChI=1S/C30H36ClN3O5S/c1-5-19-32-30(36)23(4)33(20-24-9-7-8-10-28(24)31)29(35)21-34(25-13-15-26(16-14-25)39-6-2)40(37,38)27-17-11-22(3)12-18-27/h7-18,23H,5-6,19-21H2,1-4H3,(H,32,36)/t23-/m1/s1. The predicted octanol–water partition coefficient (Wildman–Crippen LogP) is 5.19. The molecule has 0 aromatic heterocycles. The second-order valence-electron chi connectivity index (χ2n) is 9.33. The molecule has 0 aliphatic rings. The molecule has 10 heteroatoms. The van der Waals surface area contributed by atoms with E-state index in [1.807, 2.05) is 20.8 Å². The van der Waals surface area contributed by atoms with Crippen molar-refractivity contribution in [1.82, 2.24) is 10.2 Å². The summed E-state index contributed by atoms with van der Waals surface area (Å²) in [5, 5.41) is 3.26. The molecule has 8 nitrogen and oxygen atoms in total. The lowest BCUT2D eigenvalue weighted by Gasteiger charge is -2.32. The minimum atomic E-state index is -4.15. The minimum absolute atomic E-state index is 0.0287. The van der Waals surface area contributed by atoms with Gasteiger partial charge in [0.25, 0.3) is 10.0 Å². The summed E-state index contributed by atoms with van der Waals surface area (Å²) in [5.41, 5.74) is 1.83. The van der Waals surface area contributed by atoms with Crippen molar-refractivity contribution >= 4 is 39.1 Å². The number of anilines is 1. The summed E-state index contributed by atoms with van der Waals surface area (Å²) in [6.45, 7) is 7.68. The SMILES string of the molecule is CCCNC(=O)[C@@H](C)N(Cc1ccccc1Cl)C(=O)CN(c1ccc(OCC)cc1)S(=O)(=O)c1ccc(C)cc1. The molecule has 0 unspecified atom stereocenters. The van der Waals surface area contributed by atoms with Crippen LogP contribution in [0.2, 0.25) is 5.02 Å². The van der Waals surface area contributed by atoms with E-state index in [2.05, 4.69) is 5.32 Å². The van der Waals surface area contributed by atoms with Gasteiger partial charge in [-0.3, -0.25) is 13.9 Å². The molecule has 0 heterocycles. The van der Waals surface area contributed by atoms with Crippen LogP contribution in [0.1, 0.15) is 38.3 Å². The molecule has 0 fully saturated rings. The molecule has 3 rings (SSSR count). The summed E-state index contributed by atoms with van der Waals surface area (Å²) in [5.74, 6) is -0.313. The molecule has 2 amide bonds. The summed E-state index contributed by atoms with van der Waals surface area (Å²) in [6, 6.07) is 19.1. The lowest BCUT2D eigenvalue weighted by atomic mass is 10.1. The van der Waals surface area contributed by atoms with Crippen LogP contribution < -0.4 is 14.4 Å². The number of nitrogens with one attached hydrogen (secondary N) is 1. The van der Waals surface area contributed by atoms with Gasteiger partial charge in [-0.2, -0.15) is 0 Å². The van der Waals surface area contributed by atoms with Crippen molar-refractivity contribution in [2.24, 2.45) is 0 Å². The van der Waals surface area contributed by atoms with Gasteiger partial charge in [0, 0.05) is 18.1 Å². The molecule has 0 aliphatic heterocycles. The number of ether oxygens (including phenoxy) is 1. The van der Waals surface area contributed by atoms with Crippen LogP contribution in [0, 0.1) is 6.92 Å². The maximum absolute atomic E-state index is 13.9. The number of amides is 2. The number of carbonyl (C=O) groups excluding carboxylic acids is 2. The Morgan fingerprint density at radius 1 is 0.975 bits per heavy atom. The zero-order valence-electron chi connectivity index (χ0n) is 23.3. The van der Waals surface area contributed by atoms with E-state index in [9.17, 15) is 18.0 Å². The maximum atomic E-state index is 13.9. The molecule has 0 aliphatic carbocycles. The fourth-order valence-corrected chi connectivity index (χ4v) is 5.64. The van der Waals surface area contributed by atoms with Crippen LogP contribution in [0.3, 0.4) is 0 Å². The molecule has 0 bridgehead atoms. The number of hydrogen-bond donors (Lipinski definition) is 1. The van der Waals surface area contributed by atoms with Crippen LogP contribution in [0.5, 0.6) is 5.75 Å². The van der Waals surface area contributed by atoms with Crippen molar-refractivity contribution in [3.63, 3.8) is 0 Å². The predicted molar refractivity (Wildman–Crippen MR) is 158 cm³/mol. The van der Waals surface area contributed by atoms with E-state index < -0.39 is 28.5 Å². The van der Waals surface area contributed by atoms with Crippen molar-refractivity contribution in [3.05, 3.63) is 88.9 Å². The largest absolute Gasteiger partial charge is 0.494 e. The zero-order chi connectivity index (χ0) is 29.3. The van der Waals surface area contributed by atoms with E-state index in [0.29, 0.717) is 29.5 Å². The molecule has 3 aromatic rings. The molecule has 0 saturated heterocycles. The summed E-state index contributed by atoms with van der Waals surface area (Å²) in [4.78, 5) is 28.3. The van der Waals surface area contributed by atoms with Gasteiger partial charge in [0.15, 0.2) is 0 Å². The third kappa shape index (κ3) is 7.76. The molecule has 1 atom stereocenters.